The molecule has 1 aliphatic heterocycles. The monoisotopic (exact) mass is 408 g/mol. The van der Waals surface area contributed by atoms with Crippen molar-refractivity contribution in [3.05, 3.63) is 58.7 Å². The van der Waals surface area contributed by atoms with E-state index in [0.29, 0.717) is 13.2 Å². The number of hydrogen-bond acceptors (Lipinski definition) is 4. The normalized spacial score (nSPS) is 22.1. The molecule has 1 fully saturated rings. The Balaban J connectivity index is 1.25. The molecule has 1 N–H and O–H groups in total. The third-order valence-electron chi connectivity index (χ3n) is 6.71. The third kappa shape index (κ3) is 3.91. The predicted octanol–water partition coefficient (Wildman–Crippen LogP) is 5.02. The number of carboxylic acids is 1. The number of benzene rings is 2. The van der Waals surface area contributed by atoms with Gasteiger partial charge in [0.1, 0.15) is 17.6 Å². The second-order valence-corrected chi connectivity index (χ2v) is 8.75. The predicted molar refractivity (Wildman–Crippen MR) is 112 cm³/mol. The van der Waals surface area contributed by atoms with Crippen LogP contribution in [0.3, 0.4) is 0 Å². The van der Waals surface area contributed by atoms with Crippen molar-refractivity contribution in [3.63, 3.8) is 0 Å². The zero-order chi connectivity index (χ0) is 20.5. The van der Waals surface area contributed by atoms with E-state index in [1.165, 1.54) is 36.0 Å². The van der Waals surface area contributed by atoms with Crippen LogP contribution in [0.15, 0.2) is 36.4 Å². The number of aliphatic carboxylic acids is 1. The molecular weight excluding hydrogens is 380 g/mol. The molecule has 2 atom stereocenters. The van der Waals surface area contributed by atoms with Crippen LogP contribution in [0, 0.1) is 5.92 Å². The fraction of sp³-hybridized carbons (Fsp3) is 0.480. The lowest BCUT2D eigenvalue weighted by Crippen LogP contribution is -2.17. The van der Waals surface area contributed by atoms with E-state index in [2.05, 4.69) is 18.2 Å². The van der Waals surface area contributed by atoms with Crippen molar-refractivity contribution in [1.29, 1.82) is 0 Å². The first-order chi connectivity index (χ1) is 14.7. The van der Waals surface area contributed by atoms with Gasteiger partial charge in [0.2, 0.25) is 0 Å². The van der Waals surface area contributed by atoms with E-state index in [0.717, 1.165) is 42.4 Å². The molecule has 0 bridgehead atoms. The highest BCUT2D eigenvalue weighted by molar-refractivity contribution is 5.68. The lowest BCUT2D eigenvalue weighted by Gasteiger charge is -2.25. The van der Waals surface area contributed by atoms with Gasteiger partial charge in [0.25, 0.3) is 0 Å². The van der Waals surface area contributed by atoms with Crippen molar-refractivity contribution in [2.24, 2.45) is 5.92 Å². The van der Waals surface area contributed by atoms with Crippen LogP contribution in [-0.2, 0) is 22.6 Å². The number of hydrogen-bond donors (Lipinski definition) is 1. The van der Waals surface area contributed by atoms with Gasteiger partial charge in [0.15, 0.2) is 0 Å². The van der Waals surface area contributed by atoms with Crippen LogP contribution in [0.25, 0.3) is 0 Å². The molecule has 0 radical (unpaired) electrons. The molecule has 1 saturated carbocycles. The van der Waals surface area contributed by atoms with Crippen molar-refractivity contribution in [2.75, 3.05) is 13.2 Å². The Morgan fingerprint density at radius 2 is 2.03 bits per heavy atom. The van der Waals surface area contributed by atoms with Gasteiger partial charge in [-0.05, 0) is 54.4 Å². The van der Waals surface area contributed by atoms with Gasteiger partial charge >= 0.3 is 5.97 Å². The molecule has 5 rings (SSSR count). The number of fused-ring (bicyclic) bond motifs is 2. The molecule has 2 aromatic carbocycles. The van der Waals surface area contributed by atoms with Gasteiger partial charge in [-0.2, -0.15) is 0 Å². The summed E-state index contributed by atoms with van der Waals surface area (Å²) in [6.45, 7) is 1.98. The minimum Gasteiger partial charge on any atom is -0.492 e. The van der Waals surface area contributed by atoms with Crippen LogP contribution in [0.1, 0.15) is 66.4 Å². The van der Waals surface area contributed by atoms with Crippen LogP contribution < -0.4 is 9.47 Å². The number of ether oxygens (including phenoxy) is 3. The molecule has 158 valence electrons. The van der Waals surface area contributed by atoms with Gasteiger partial charge in [-0.3, -0.25) is 4.79 Å². The molecule has 5 nitrogen and oxygen atoms in total. The molecule has 0 aromatic heterocycles. The highest BCUT2D eigenvalue weighted by Crippen LogP contribution is 2.41. The molecule has 1 unspecified atom stereocenters. The van der Waals surface area contributed by atoms with Gasteiger partial charge in [0, 0.05) is 24.2 Å². The molecule has 2 aliphatic carbocycles. The van der Waals surface area contributed by atoms with Gasteiger partial charge in [-0.1, -0.05) is 30.7 Å². The van der Waals surface area contributed by atoms with Crippen LogP contribution in [-0.4, -0.2) is 24.3 Å². The summed E-state index contributed by atoms with van der Waals surface area (Å²) >= 11 is 0. The summed E-state index contributed by atoms with van der Waals surface area (Å²) in [4.78, 5) is 11.0. The second-order valence-electron chi connectivity index (χ2n) is 8.75. The summed E-state index contributed by atoms with van der Waals surface area (Å²) in [5, 5.41) is 9.07. The van der Waals surface area contributed by atoms with Crippen molar-refractivity contribution in [3.8, 4) is 11.5 Å². The van der Waals surface area contributed by atoms with Crippen molar-refractivity contribution >= 4 is 5.97 Å². The van der Waals surface area contributed by atoms with E-state index in [4.69, 9.17) is 19.3 Å². The molecule has 0 amide bonds. The lowest BCUT2D eigenvalue weighted by molar-refractivity contribution is -0.137. The van der Waals surface area contributed by atoms with Crippen molar-refractivity contribution in [1.82, 2.24) is 0 Å². The van der Waals surface area contributed by atoms with E-state index in [1.54, 1.807) is 0 Å². The number of carbonyl (C=O) groups is 1. The molecule has 5 heteroatoms. The van der Waals surface area contributed by atoms with Gasteiger partial charge in [-0.25, -0.2) is 0 Å². The quantitative estimate of drug-likeness (QED) is 0.664. The Hall–Kier alpha value is -2.53. The highest BCUT2D eigenvalue weighted by atomic mass is 16.5. The maximum absolute atomic E-state index is 11.0. The van der Waals surface area contributed by atoms with Crippen LogP contribution in [0.5, 0.6) is 11.5 Å². The third-order valence-corrected chi connectivity index (χ3v) is 6.71. The average Bonchev–Trinajstić information content (AvgIpc) is 3.28. The Kier molecular flexibility index (Phi) is 5.38. The Morgan fingerprint density at radius 3 is 2.83 bits per heavy atom. The summed E-state index contributed by atoms with van der Waals surface area (Å²) < 4.78 is 18.0. The molecular formula is C25H28O5. The molecule has 1 heterocycles. The van der Waals surface area contributed by atoms with E-state index < -0.39 is 5.97 Å². The fourth-order valence-electron chi connectivity index (χ4n) is 4.82. The van der Waals surface area contributed by atoms with E-state index >= 15 is 0 Å². The average molecular weight is 408 g/mol. The molecule has 0 spiro atoms. The van der Waals surface area contributed by atoms with Crippen molar-refractivity contribution in [2.45, 2.75) is 57.2 Å². The largest absolute Gasteiger partial charge is 0.492 e. The summed E-state index contributed by atoms with van der Waals surface area (Å²) in [6, 6.07) is 12.2. The summed E-state index contributed by atoms with van der Waals surface area (Å²) in [6.07, 6.45) is 6.05. The highest BCUT2D eigenvalue weighted by Gasteiger charge is 2.29. The Bertz CT molecular complexity index is 933. The van der Waals surface area contributed by atoms with Crippen LogP contribution >= 0.6 is 0 Å². The van der Waals surface area contributed by atoms with Crippen molar-refractivity contribution < 1.29 is 24.1 Å². The maximum atomic E-state index is 11.0. The maximum Gasteiger partial charge on any atom is 0.304 e. The minimum atomic E-state index is -0.799. The number of carboxylic acid groups (broad SMARTS) is 1. The van der Waals surface area contributed by atoms with E-state index in [-0.39, 0.29) is 18.4 Å². The zero-order valence-electron chi connectivity index (χ0n) is 17.1. The topological polar surface area (TPSA) is 65.0 Å². The molecule has 3 aliphatic rings. The van der Waals surface area contributed by atoms with Crippen LogP contribution in [0.2, 0.25) is 0 Å². The summed E-state index contributed by atoms with van der Waals surface area (Å²) in [5.74, 6) is 1.40. The molecule has 0 saturated heterocycles. The van der Waals surface area contributed by atoms with Gasteiger partial charge in [0.05, 0.1) is 19.6 Å². The van der Waals surface area contributed by atoms with Gasteiger partial charge < -0.3 is 19.3 Å². The second kappa shape index (κ2) is 8.31. The molecule has 2 aromatic rings. The first-order valence-electron chi connectivity index (χ1n) is 11.0. The van der Waals surface area contributed by atoms with Gasteiger partial charge in [-0.15, -0.1) is 0 Å². The van der Waals surface area contributed by atoms with Crippen LogP contribution in [0.4, 0.5) is 0 Å². The summed E-state index contributed by atoms with van der Waals surface area (Å²) in [5.41, 5.74) is 4.87. The standard InChI is InChI=1S/C25H28O5/c26-25(27)11-18-15-29-24-12-19(7-8-21(18)24)30-23-10-9-20-17(5-2-6-22(20)23)14-28-13-16-3-1-4-16/h2,5-8,12,16,18,23H,1,3-4,9-11,13-15H2,(H,26,27)/t18?,23-/m0/s1. The number of rotatable bonds is 8. The Morgan fingerprint density at radius 1 is 1.13 bits per heavy atom. The summed E-state index contributed by atoms with van der Waals surface area (Å²) in [7, 11) is 0. The lowest BCUT2D eigenvalue weighted by atomic mass is 9.86. The van der Waals surface area contributed by atoms with E-state index in [9.17, 15) is 4.79 Å². The SMILES string of the molecule is O=C(O)CC1COc2cc(O[C@H]3CCc4c(COCC5CCC5)cccc43)ccc21. The first kappa shape index (κ1) is 19.4. The minimum absolute atomic E-state index is 0.0286. The zero-order valence-corrected chi connectivity index (χ0v) is 17.1. The first-order valence-corrected chi connectivity index (χ1v) is 11.0. The smallest absolute Gasteiger partial charge is 0.304 e. The molecule has 30 heavy (non-hydrogen) atoms. The fourth-order valence-corrected chi connectivity index (χ4v) is 4.82. The Labute approximate surface area is 177 Å². The van der Waals surface area contributed by atoms with E-state index in [1.807, 2.05) is 18.2 Å².